The maximum absolute atomic E-state index is 13.9. The fraction of sp³-hybridized carbons (Fsp3) is 0.500. The number of hydrogen-bond acceptors (Lipinski definition) is 3. The van der Waals surface area contributed by atoms with Crippen LogP contribution in [0.4, 0.5) is 4.39 Å². The maximum atomic E-state index is 13.9. The first-order valence-corrected chi connectivity index (χ1v) is 6.39. The molecule has 0 aromatic heterocycles. The van der Waals surface area contributed by atoms with Crippen LogP contribution in [0.1, 0.15) is 12.0 Å². The minimum Gasteiger partial charge on any atom is -0.490 e. The van der Waals surface area contributed by atoms with Crippen molar-refractivity contribution in [2.24, 2.45) is 11.7 Å². The predicted molar refractivity (Wildman–Crippen MR) is 66.4 cm³/mol. The summed E-state index contributed by atoms with van der Waals surface area (Å²) < 4.78 is 25.0. The van der Waals surface area contributed by atoms with Crippen LogP contribution >= 0.6 is 15.9 Å². The van der Waals surface area contributed by atoms with E-state index in [4.69, 9.17) is 15.2 Å². The van der Waals surface area contributed by atoms with Gasteiger partial charge in [-0.3, -0.25) is 0 Å². The second-order valence-corrected chi connectivity index (χ2v) is 4.89. The zero-order valence-electron chi connectivity index (χ0n) is 9.42. The molecule has 0 saturated carbocycles. The molecular formula is C12H15BrFNO2. The third-order valence-electron chi connectivity index (χ3n) is 2.85. The van der Waals surface area contributed by atoms with Crippen LogP contribution in [-0.4, -0.2) is 19.8 Å². The van der Waals surface area contributed by atoms with E-state index in [-0.39, 0.29) is 11.6 Å². The van der Waals surface area contributed by atoms with E-state index in [0.29, 0.717) is 30.1 Å². The molecule has 0 aliphatic carbocycles. The van der Waals surface area contributed by atoms with Crippen LogP contribution in [0.5, 0.6) is 5.75 Å². The molecule has 2 rings (SSSR count). The Hall–Kier alpha value is -0.650. The van der Waals surface area contributed by atoms with Crippen LogP contribution in [-0.2, 0) is 11.3 Å². The smallest absolute Gasteiger partial charge is 0.179 e. The Bertz CT molecular complexity index is 394. The molecule has 2 N–H and O–H groups in total. The van der Waals surface area contributed by atoms with Gasteiger partial charge in [-0.15, -0.1) is 0 Å². The van der Waals surface area contributed by atoms with Gasteiger partial charge in [0.15, 0.2) is 11.6 Å². The molecule has 1 aliphatic rings. The van der Waals surface area contributed by atoms with Gasteiger partial charge in [-0.1, -0.05) is 6.07 Å². The van der Waals surface area contributed by atoms with E-state index in [1.54, 1.807) is 12.1 Å². The number of ether oxygens (including phenoxy) is 2. The maximum Gasteiger partial charge on any atom is 0.179 e. The number of nitrogens with two attached hydrogens (primary N) is 1. The third-order valence-corrected chi connectivity index (χ3v) is 3.70. The van der Waals surface area contributed by atoms with Crippen molar-refractivity contribution in [3.63, 3.8) is 0 Å². The van der Waals surface area contributed by atoms with Crippen molar-refractivity contribution in [3.05, 3.63) is 28.0 Å². The summed E-state index contributed by atoms with van der Waals surface area (Å²) in [7, 11) is 0. The molecule has 0 amide bonds. The number of rotatable bonds is 4. The number of halogens is 2. The summed E-state index contributed by atoms with van der Waals surface area (Å²) in [6.07, 6.45) is 0.976. The van der Waals surface area contributed by atoms with Crippen LogP contribution in [0.2, 0.25) is 0 Å². The molecule has 0 radical (unpaired) electrons. The quantitative estimate of drug-likeness (QED) is 0.929. The molecule has 1 aromatic carbocycles. The summed E-state index contributed by atoms with van der Waals surface area (Å²) in [5, 5.41) is 0. The first kappa shape index (κ1) is 12.8. The highest BCUT2D eigenvalue weighted by molar-refractivity contribution is 9.10. The van der Waals surface area contributed by atoms with Gasteiger partial charge in [0.05, 0.1) is 17.7 Å². The zero-order chi connectivity index (χ0) is 12.3. The summed E-state index contributed by atoms with van der Waals surface area (Å²) in [5.41, 5.74) is 6.22. The molecule has 0 spiro atoms. The Morgan fingerprint density at radius 2 is 2.35 bits per heavy atom. The molecule has 5 heteroatoms. The van der Waals surface area contributed by atoms with Gasteiger partial charge in [-0.25, -0.2) is 4.39 Å². The van der Waals surface area contributed by atoms with Crippen molar-refractivity contribution in [1.82, 2.24) is 0 Å². The second kappa shape index (κ2) is 5.80. The molecule has 94 valence electrons. The van der Waals surface area contributed by atoms with Crippen LogP contribution in [0, 0.1) is 11.7 Å². The van der Waals surface area contributed by atoms with Crippen molar-refractivity contribution >= 4 is 15.9 Å². The minimum atomic E-state index is -0.383. The summed E-state index contributed by atoms with van der Waals surface area (Å²) in [5.74, 6) is 0.246. The lowest BCUT2D eigenvalue weighted by molar-refractivity contribution is 0.165. The highest BCUT2D eigenvalue weighted by Gasteiger charge is 2.18. The second-order valence-electron chi connectivity index (χ2n) is 4.10. The van der Waals surface area contributed by atoms with E-state index < -0.39 is 0 Å². The van der Waals surface area contributed by atoms with Gasteiger partial charge < -0.3 is 15.2 Å². The highest BCUT2D eigenvalue weighted by Crippen LogP contribution is 2.29. The first-order chi connectivity index (χ1) is 8.22. The van der Waals surface area contributed by atoms with Crippen LogP contribution < -0.4 is 10.5 Å². The first-order valence-electron chi connectivity index (χ1n) is 5.60. The molecule has 1 saturated heterocycles. The lowest BCUT2D eigenvalue weighted by Gasteiger charge is -2.12. The Labute approximate surface area is 108 Å². The molecule has 1 heterocycles. The minimum absolute atomic E-state index is 0.265. The molecule has 1 atom stereocenters. The van der Waals surface area contributed by atoms with Crippen molar-refractivity contribution in [3.8, 4) is 5.75 Å². The zero-order valence-corrected chi connectivity index (χ0v) is 11.0. The average Bonchev–Trinajstić information content (AvgIpc) is 2.84. The van der Waals surface area contributed by atoms with E-state index in [9.17, 15) is 4.39 Å². The SMILES string of the molecule is NCc1ccc(OCC2CCOC2)c(F)c1Br. The van der Waals surface area contributed by atoms with E-state index in [1.807, 2.05) is 0 Å². The standard InChI is InChI=1S/C12H15BrFNO2/c13-11-9(5-15)1-2-10(12(11)14)17-7-8-3-4-16-6-8/h1-2,8H,3-7,15H2. The lowest BCUT2D eigenvalue weighted by atomic mass is 10.1. The molecule has 1 aliphatic heterocycles. The van der Waals surface area contributed by atoms with E-state index in [0.717, 1.165) is 18.6 Å². The van der Waals surface area contributed by atoms with Crippen molar-refractivity contribution in [2.75, 3.05) is 19.8 Å². The van der Waals surface area contributed by atoms with Gasteiger partial charge in [0.25, 0.3) is 0 Å². The molecule has 17 heavy (non-hydrogen) atoms. The molecule has 0 bridgehead atoms. The van der Waals surface area contributed by atoms with Gasteiger partial charge in [0, 0.05) is 19.1 Å². The average molecular weight is 304 g/mol. The fourth-order valence-electron chi connectivity index (χ4n) is 1.76. The third kappa shape index (κ3) is 2.97. The summed E-state index contributed by atoms with van der Waals surface area (Å²) >= 11 is 3.19. The highest BCUT2D eigenvalue weighted by atomic mass is 79.9. The topological polar surface area (TPSA) is 44.5 Å². The van der Waals surface area contributed by atoms with E-state index >= 15 is 0 Å². The summed E-state index contributed by atoms with van der Waals surface area (Å²) in [6, 6.07) is 3.39. The van der Waals surface area contributed by atoms with Crippen LogP contribution in [0.15, 0.2) is 16.6 Å². The lowest BCUT2D eigenvalue weighted by Crippen LogP contribution is -2.12. The van der Waals surface area contributed by atoms with Gasteiger partial charge in [0.1, 0.15) is 0 Å². The van der Waals surface area contributed by atoms with Crippen molar-refractivity contribution in [1.29, 1.82) is 0 Å². The van der Waals surface area contributed by atoms with Gasteiger partial charge in [0.2, 0.25) is 0 Å². The number of benzene rings is 1. The van der Waals surface area contributed by atoms with Crippen LogP contribution in [0.25, 0.3) is 0 Å². The molecule has 1 fully saturated rings. The Morgan fingerprint density at radius 1 is 1.53 bits per heavy atom. The van der Waals surface area contributed by atoms with Gasteiger partial charge in [-0.05, 0) is 34.0 Å². The van der Waals surface area contributed by atoms with E-state index in [1.165, 1.54) is 0 Å². The molecule has 1 aromatic rings. The monoisotopic (exact) mass is 303 g/mol. The van der Waals surface area contributed by atoms with Crippen LogP contribution in [0.3, 0.4) is 0 Å². The van der Waals surface area contributed by atoms with Crippen molar-refractivity contribution in [2.45, 2.75) is 13.0 Å². The summed E-state index contributed by atoms with van der Waals surface area (Å²) in [4.78, 5) is 0. The molecule has 3 nitrogen and oxygen atoms in total. The van der Waals surface area contributed by atoms with Gasteiger partial charge in [-0.2, -0.15) is 0 Å². The Morgan fingerprint density at radius 3 is 3.00 bits per heavy atom. The Kier molecular flexibility index (Phi) is 4.36. The molecule has 1 unspecified atom stereocenters. The van der Waals surface area contributed by atoms with Gasteiger partial charge >= 0.3 is 0 Å². The largest absolute Gasteiger partial charge is 0.490 e. The number of hydrogen-bond donors (Lipinski definition) is 1. The normalized spacial score (nSPS) is 19.6. The summed E-state index contributed by atoms with van der Waals surface area (Å²) in [6.45, 7) is 2.26. The fourth-order valence-corrected chi connectivity index (χ4v) is 2.25. The van der Waals surface area contributed by atoms with Crippen molar-refractivity contribution < 1.29 is 13.9 Å². The molecular weight excluding hydrogens is 289 g/mol. The van der Waals surface area contributed by atoms with E-state index in [2.05, 4.69) is 15.9 Å². The Balaban J connectivity index is 2.03. The predicted octanol–water partition coefficient (Wildman–Crippen LogP) is 2.46.